The lowest BCUT2D eigenvalue weighted by Gasteiger charge is -2.20. The molecule has 2 aromatic carbocycles. The van der Waals surface area contributed by atoms with Crippen LogP contribution in [0.25, 0.3) is 11.1 Å². The van der Waals surface area contributed by atoms with Gasteiger partial charge in [0.05, 0.1) is 12.5 Å². The Morgan fingerprint density at radius 1 is 1.14 bits per heavy atom. The van der Waals surface area contributed by atoms with Gasteiger partial charge in [-0.2, -0.15) is 0 Å². The van der Waals surface area contributed by atoms with Gasteiger partial charge in [0.2, 0.25) is 0 Å². The molecule has 2 aromatic rings. The summed E-state index contributed by atoms with van der Waals surface area (Å²) in [4.78, 5) is 11.3. The van der Waals surface area contributed by atoms with Crippen LogP contribution in [0, 0.1) is 0 Å². The van der Waals surface area contributed by atoms with Gasteiger partial charge >= 0.3 is 5.97 Å². The summed E-state index contributed by atoms with van der Waals surface area (Å²) in [5.41, 5.74) is 8.11. The average Bonchev–Trinajstić information content (AvgIpc) is 2.47. The maximum absolute atomic E-state index is 11.3. The number of hydrogen-bond donors (Lipinski definition) is 2. The first-order chi connectivity index (χ1) is 9.86. The van der Waals surface area contributed by atoms with E-state index in [0.29, 0.717) is 11.4 Å². The van der Waals surface area contributed by atoms with Crippen molar-refractivity contribution in [2.24, 2.45) is 0 Å². The van der Waals surface area contributed by atoms with Gasteiger partial charge in [-0.15, -0.1) is 0 Å². The predicted molar refractivity (Wildman–Crippen MR) is 83.5 cm³/mol. The summed E-state index contributed by atoms with van der Waals surface area (Å²) >= 11 is 0. The lowest BCUT2D eigenvalue weighted by molar-refractivity contribution is -0.142. The molecule has 0 unspecified atom stereocenters. The highest BCUT2D eigenvalue weighted by Crippen LogP contribution is 2.33. The highest BCUT2D eigenvalue weighted by molar-refractivity contribution is 5.81. The van der Waals surface area contributed by atoms with Crippen LogP contribution in [0.15, 0.2) is 42.5 Å². The molecule has 4 nitrogen and oxygen atoms in total. The van der Waals surface area contributed by atoms with Crippen molar-refractivity contribution in [2.45, 2.75) is 19.3 Å². The van der Waals surface area contributed by atoms with Crippen molar-refractivity contribution in [3.05, 3.63) is 48.0 Å². The highest BCUT2D eigenvalue weighted by Gasteiger charge is 2.29. The monoisotopic (exact) mass is 285 g/mol. The zero-order chi connectivity index (χ0) is 15.6. The van der Waals surface area contributed by atoms with Crippen molar-refractivity contribution in [2.75, 3.05) is 12.8 Å². The van der Waals surface area contributed by atoms with Gasteiger partial charge in [-0.25, -0.2) is 0 Å². The second-order valence-corrected chi connectivity index (χ2v) is 5.47. The molecule has 2 rings (SSSR count). The van der Waals surface area contributed by atoms with Crippen LogP contribution in [0.1, 0.15) is 19.4 Å². The molecule has 3 N–H and O–H groups in total. The van der Waals surface area contributed by atoms with Crippen molar-refractivity contribution in [3.8, 4) is 16.9 Å². The second kappa shape index (κ2) is 5.48. The first-order valence-electron chi connectivity index (χ1n) is 6.64. The van der Waals surface area contributed by atoms with Gasteiger partial charge < -0.3 is 15.6 Å². The first kappa shape index (κ1) is 14.9. The topological polar surface area (TPSA) is 72.5 Å². The van der Waals surface area contributed by atoms with Crippen LogP contribution in [-0.2, 0) is 10.2 Å². The summed E-state index contributed by atoms with van der Waals surface area (Å²) in [6.07, 6.45) is 0. The number of carbonyl (C=O) groups is 1. The van der Waals surface area contributed by atoms with E-state index >= 15 is 0 Å². The van der Waals surface area contributed by atoms with E-state index < -0.39 is 11.4 Å². The number of anilines is 1. The van der Waals surface area contributed by atoms with Crippen molar-refractivity contribution >= 4 is 11.7 Å². The van der Waals surface area contributed by atoms with E-state index in [-0.39, 0.29) is 0 Å². The van der Waals surface area contributed by atoms with E-state index in [1.807, 2.05) is 36.4 Å². The molecule has 21 heavy (non-hydrogen) atoms. The molecule has 0 spiro atoms. The summed E-state index contributed by atoms with van der Waals surface area (Å²) in [5, 5.41) is 9.26. The van der Waals surface area contributed by atoms with E-state index in [1.165, 1.54) is 0 Å². The highest BCUT2D eigenvalue weighted by atomic mass is 16.5. The molecule has 0 aromatic heterocycles. The van der Waals surface area contributed by atoms with Gasteiger partial charge in [0, 0.05) is 17.3 Å². The number of carboxylic acid groups (broad SMARTS) is 1. The van der Waals surface area contributed by atoms with Gasteiger partial charge in [0.15, 0.2) is 0 Å². The van der Waals surface area contributed by atoms with Gasteiger partial charge in [-0.05, 0) is 37.1 Å². The number of carboxylic acids is 1. The number of nitrogens with two attached hydrogens (primary N) is 1. The van der Waals surface area contributed by atoms with Crippen LogP contribution >= 0.6 is 0 Å². The van der Waals surface area contributed by atoms with E-state index in [9.17, 15) is 9.90 Å². The molecule has 0 atom stereocenters. The van der Waals surface area contributed by atoms with Crippen LogP contribution in [0.2, 0.25) is 0 Å². The molecular formula is C17H19NO3. The Kier molecular flexibility index (Phi) is 3.89. The lowest BCUT2D eigenvalue weighted by atomic mass is 9.84. The molecule has 0 aliphatic carbocycles. The Morgan fingerprint density at radius 2 is 1.76 bits per heavy atom. The summed E-state index contributed by atoms with van der Waals surface area (Å²) in [6, 6.07) is 12.9. The number of ether oxygens (including phenoxy) is 1. The standard InChI is InChI=1S/C17H19NO3/c1-17(2,16(19)20)12-6-4-11(5-7-12)14-9-8-13(18)10-15(14)21-3/h4-10H,18H2,1-3H3,(H,19,20). The molecule has 0 saturated heterocycles. The van der Waals surface area contributed by atoms with Crippen molar-refractivity contribution in [3.63, 3.8) is 0 Å². The summed E-state index contributed by atoms with van der Waals surface area (Å²) in [7, 11) is 1.60. The first-order valence-corrected chi connectivity index (χ1v) is 6.64. The van der Waals surface area contributed by atoms with Crippen molar-refractivity contribution in [1.82, 2.24) is 0 Å². The molecular weight excluding hydrogens is 266 g/mol. The summed E-state index contributed by atoms with van der Waals surface area (Å²) < 4.78 is 5.34. The lowest BCUT2D eigenvalue weighted by Crippen LogP contribution is -2.28. The number of nitrogen functional groups attached to an aromatic ring is 1. The van der Waals surface area contributed by atoms with Gasteiger partial charge in [-0.3, -0.25) is 4.79 Å². The molecule has 0 heterocycles. The van der Waals surface area contributed by atoms with Crippen molar-refractivity contribution in [1.29, 1.82) is 0 Å². The Balaban J connectivity index is 2.42. The van der Waals surface area contributed by atoms with Crippen LogP contribution in [0.4, 0.5) is 5.69 Å². The average molecular weight is 285 g/mol. The number of methoxy groups -OCH3 is 1. The fraction of sp³-hybridized carbons (Fsp3) is 0.235. The Labute approximate surface area is 124 Å². The molecule has 0 saturated carbocycles. The molecule has 0 fully saturated rings. The molecule has 110 valence electrons. The fourth-order valence-corrected chi connectivity index (χ4v) is 2.14. The smallest absolute Gasteiger partial charge is 0.313 e. The maximum atomic E-state index is 11.3. The molecule has 0 radical (unpaired) electrons. The van der Waals surface area contributed by atoms with E-state index in [1.54, 1.807) is 27.0 Å². The molecule has 0 aliphatic rings. The fourth-order valence-electron chi connectivity index (χ4n) is 2.14. The van der Waals surface area contributed by atoms with Crippen LogP contribution < -0.4 is 10.5 Å². The summed E-state index contributed by atoms with van der Waals surface area (Å²) in [6.45, 7) is 3.38. The largest absolute Gasteiger partial charge is 0.496 e. The van der Waals surface area contributed by atoms with Gasteiger partial charge in [0.1, 0.15) is 5.75 Å². The van der Waals surface area contributed by atoms with Gasteiger partial charge in [0.25, 0.3) is 0 Å². The quantitative estimate of drug-likeness (QED) is 0.845. The molecule has 4 heteroatoms. The van der Waals surface area contributed by atoms with Crippen LogP contribution in [0.5, 0.6) is 5.75 Å². The maximum Gasteiger partial charge on any atom is 0.313 e. The molecule has 0 aliphatic heterocycles. The van der Waals surface area contributed by atoms with E-state index in [4.69, 9.17) is 10.5 Å². The van der Waals surface area contributed by atoms with Crippen molar-refractivity contribution < 1.29 is 14.6 Å². The number of hydrogen-bond acceptors (Lipinski definition) is 3. The van der Waals surface area contributed by atoms with Crippen LogP contribution in [-0.4, -0.2) is 18.2 Å². The Hall–Kier alpha value is -2.49. The normalized spacial score (nSPS) is 11.2. The van der Waals surface area contributed by atoms with E-state index in [0.717, 1.165) is 16.7 Å². The third-order valence-corrected chi connectivity index (χ3v) is 3.68. The zero-order valence-corrected chi connectivity index (χ0v) is 12.4. The number of rotatable bonds is 4. The Bertz CT molecular complexity index is 660. The third-order valence-electron chi connectivity index (χ3n) is 3.68. The minimum atomic E-state index is -0.913. The summed E-state index contributed by atoms with van der Waals surface area (Å²) in [5.74, 6) is -0.152. The van der Waals surface area contributed by atoms with Gasteiger partial charge in [-0.1, -0.05) is 24.3 Å². The van der Waals surface area contributed by atoms with Crippen LogP contribution in [0.3, 0.4) is 0 Å². The number of benzene rings is 2. The minimum absolute atomic E-state index is 0.638. The zero-order valence-electron chi connectivity index (χ0n) is 12.4. The minimum Gasteiger partial charge on any atom is -0.496 e. The third kappa shape index (κ3) is 2.84. The number of aliphatic carboxylic acids is 1. The Morgan fingerprint density at radius 3 is 2.29 bits per heavy atom. The van der Waals surface area contributed by atoms with E-state index in [2.05, 4.69) is 0 Å². The SMILES string of the molecule is COc1cc(N)ccc1-c1ccc(C(C)(C)C(=O)O)cc1. The molecule has 0 amide bonds. The molecule has 0 bridgehead atoms. The second-order valence-electron chi connectivity index (χ2n) is 5.47. The predicted octanol–water partition coefficient (Wildman–Crippen LogP) is 3.31.